The smallest absolute Gasteiger partial charge is 0.407 e. The third-order valence-corrected chi connectivity index (χ3v) is 10.2. The Balaban J connectivity index is 1.08. The van der Waals surface area contributed by atoms with Crippen LogP contribution in [0.5, 0.6) is 0 Å². The second-order valence-electron chi connectivity index (χ2n) is 14.7. The fourth-order valence-electron chi connectivity index (χ4n) is 7.25. The van der Waals surface area contributed by atoms with Crippen LogP contribution < -0.4 is 10.6 Å². The largest absolute Gasteiger partial charge is 0.465 e. The van der Waals surface area contributed by atoms with Crippen molar-refractivity contribution in [1.82, 2.24) is 40.4 Å². The van der Waals surface area contributed by atoms with Gasteiger partial charge in [0.1, 0.15) is 23.7 Å². The maximum atomic E-state index is 13.5. The van der Waals surface area contributed by atoms with Crippen LogP contribution in [0.2, 0.25) is 0 Å². The highest BCUT2D eigenvalue weighted by Crippen LogP contribution is 2.34. The number of alkyl carbamates (subject to hydrolysis) is 1. The molecule has 2 aliphatic rings. The second-order valence-corrected chi connectivity index (χ2v) is 14.7. The van der Waals surface area contributed by atoms with Gasteiger partial charge in [0, 0.05) is 24.2 Å². The van der Waals surface area contributed by atoms with Gasteiger partial charge in [0.05, 0.1) is 43.0 Å². The number of hydrogen-bond donors (Lipinski definition) is 5. The van der Waals surface area contributed by atoms with E-state index in [1.165, 1.54) is 7.11 Å². The number of likely N-dealkylation sites (tertiary alicyclic amines) is 2. The van der Waals surface area contributed by atoms with Crippen molar-refractivity contribution in [3.8, 4) is 34.4 Å². The Labute approximate surface area is 320 Å². The molecule has 0 radical (unpaired) electrons. The molecular formula is C41H48N8O6. The van der Waals surface area contributed by atoms with Crippen molar-refractivity contribution < 1.29 is 29.0 Å². The number of nitrogens with one attached hydrogen (secondary N) is 4. The van der Waals surface area contributed by atoms with E-state index in [4.69, 9.17) is 4.74 Å². The standard InChI is InChI=1S/C41H48N8O6/c1-24(2)34(46-40(52)53)38(50)48-20-6-8-32(48)36-42-22-30(44-36)28-16-12-26(13-17-28)10-11-27-14-18-29(19-15-27)31-23-43-37(45-31)33-9-7-21-49(33)39(51)35(25(3)4)47-41(54)55-5/h12-19,22-25,32-35,46H,6-9,20-21H2,1-5H3,(H,42,44)(H,43,45)(H,47,54)(H,52,53)/t32-,33?,34-,35-/m0/s1. The van der Waals surface area contributed by atoms with Crippen molar-refractivity contribution in [3.05, 3.63) is 83.7 Å². The number of imidazole rings is 2. The quantitative estimate of drug-likeness (QED) is 0.125. The number of carboxylic acid groups (broad SMARTS) is 1. The van der Waals surface area contributed by atoms with E-state index in [-0.39, 0.29) is 35.7 Å². The van der Waals surface area contributed by atoms with Crippen molar-refractivity contribution in [2.75, 3.05) is 20.2 Å². The Bertz CT molecular complexity index is 2060. The molecule has 0 bridgehead atoms. The van der Waals surface area contributed by atoms with Gasteiger partial charge in [-0.2, -0.15) is 0 Å². The number of carbonyl (C=O) groups is 4. The van der Waals surface area contributed by atoms with E-state index in [2.05, 4.69) is 42.4 Å². The molecule has 4 atom stereocenters. The molecule has 5 N–H and O–H groups in total. The van der Waals surface area contributed by atoms with Gasteiger partial charge in [-0.15, -0.1) is 0 Å². The molecule has 2 aromatic carbocycles. The van der Waals surface area contributed by atoms with Crippen LogP contribution in [0.1, 0.15) is 88.2 Å². The van der Waals surface area contributed by atoms with Gasteiger partial charge in [0.25, 0.3) is 0 Å². The summed E-state index contributed by atoms with van der Waals surface area (Å²) in [6.07, 6.45) is 4.86. The van der Waals surface area contributed by atoms with Crippen molar-refractivity contribution in [3.63, 3.8) is 0 Å². The summed E-state index contributed by atoms with van der Waals surface area (Å²) in [5, 5.41) is 14.3. The molecule has 4 amide bonds. The Morgan fingerprint density at radius 2 is 1.15 bits per heavy atom. The summed E-state index contributed by atoms with van der Waals surface area (Å²) < 4.78 is 4.74. The van der Waals surface area contributed by atoms with E-state index in [1.54, 1.807) is 22.2 Å². The first-order chi connectivity index (χ1) is 26.4. The molecule has 55 heavy (non-hydrogen) atoms. The van der Waals surface area contributed by atoms with E-state index < -0.39 is 24.3 Å². The Morgan fingerprint density at radius 3 is 1.53 bits per heavy atom. The Hall–Kier alpha value is -6.10. The minimum absolute atomic E-state index is 0.109. The lowest BCUT2D eigenvalue weighted by Crippen LogP contribution is -2.51. The maximum absolute atomic E-state index is 13.5. The third kappa shape index (κ3) is 8.83. The zero-order chi connectivity index (χ0) is 39.2. The SMILES string of the molecule is COC(=O)N[C@H](C(=O)N1CCCC1c1ncc(-c2ccc(C#Cc3ccc(-c4cnc([C@@H]5CCCN5C(=O)[C@@H](NC(=O)O)C(C)C)[nH]4)cc3)cc2)[nH]1)C(C)C. The number of rotatable bonds is 10. The highest BCUT2D eigenvalue weighted by molar-refractivity contribution is 5.87. The van der Waals surface area contributed by atoms with Crippen LogP contribution >= 0.6 is 0 Å². The molecule has 4 aromatic rings. The van der Waals surface area contributed by atoms with Crippen molar-refractivity contribution >= 4 is 24.0 Å². The summed E-state index contributed by atoms with van der Waals surface area (Å²) in [4.78, 5) is 69.6. The lowest BCUT2D eigenvalue weighted by atomic mass is 10.0. The molecular weight excluding hydrogens is 701 g/mol. The van der Waals surface area contributed by atoms with Crippen LogP contribution in [0.15, 0.2) is 60.9 Å². The second kappa shape index (κ2) is 16.9. The van der Waals surface area contributed by atoms with Gasteiger partial charge in [0.2, 0.25) is 11.8 Å². The van der Waals surface area contributed by atoms with Crippen LogP contribution in [0.4, 0.5) is 9.59 Å². The number of amides is 4. The van der Waals surface area contributed by atoms with Gasteiger partial charge in [-0.05, 0) is 72.9 Å². The van der Waals surface area contributed by atoms with Crippen molar-refractivity contribution in [1.29, 1.82) is 0 Å². The topological polar surface area (TPSA) is 186 Å². The number of H-pyrrole nitrogens is 2. The highest BCUT2D eigenvalue weighted by Gasteiger charge is 2.38. The highest BCUT2D eigenvalue weighted by atomic mass is 16.5. The molecule has 2 aromatic heterocycles. The first-order valence-electron chi connectivity index (χ1n) is 18.7. The lowest BCUT2D eigenvalue weighted by Gasteiger charge is -2.30. The van der Waals surface area contributed by atoms with Gasteiger partial charge in [0.15, 0.2) is 0 Å². The molecule has 4 heterocycles. The van der Waals surface area contributed by atoms with Crippen molar-refractivity contribution in [2.45, 2.75) is 77.5 Å². The van der Waals surface area contributed by atoms with Crippen LogP contribution in [0, 0.1) is 23.7 Å². The summed E-state index contributed by atoms with van der Waals surface area (Å²) in [5.74, 6) is 7.17. The molecule has 14 heteroatoms. The predicted octanol–water partition coefficient (Wildman–Crippen LogP) is 5.87. The predicted molar refractivity (Wildman–Crippen MR) is 205 cm³/mol. The molecule has 288 valence electrons. The molecule has 6 rings (SSSR count). The number of ether oxygens (including phenoxy) is 1. The van der Waals surface area contributed by atoms with Crippen LogP contribution in [-0.2, 0) is 14.3 Å². The maximum Gasteiger partial charge on any atom is 0.407 e. The van der Waals surface area contributed by atoms with Crippen molar-refractivity contribution in [2.24, 2.45) is 11.8 Å². The van der Waals surface area contributed by atoms with Gasteiger partial charge in [-0.25, -0.2) is 19.6 Å². The average molecular weight is 749 g/mol. The zero-order valence-electron chi connectivity index (χ0n) is 31.8. The lowest BCUT2D eigenvalue weighted by molar-refractivity contribution is -0.136. The molecule has 0 spiro atoms. The number of aromatic amines is 2. The van der Waals surface area contributed by atoms with Gasteiger partial charge < -0.3 is 40.2 Å². The minimum atomic E-state index is -1.22. The number of nitrogens with zero attached hydrogens (tertiary/aromatic N) is 4. The fraction of sp³-hybridized carbons (Fsp3) is 0.415. The fourth-order valence-corrected chi connectivity index (χ4v) is 7.25. The first-order valence-corrected chi connectivity index (χ1v) is 18.7. The number of methoxy groups -OCH3 is 1. The Morgan fingerprint density at radius 1 is 0.727 bits per heavy atom. The summed E-state index contributed by atoms with van der Waals surface area (Å²) in [7, 11) is 1.28. The summed E-state index contributed by atoms with van der Waals surface area (Å²) in [6, 6.07) is 13.8. The number of benzene rings is 2. The molecule has 0 saturated carbocycles. The monoisotopic (exact) mass is 748 g/mol. The van der Waals surface area contributed by atoms with E-state index >= 15 is 0 Å². The molecule has 1 unspecified atom stereocenters. The third-order valence-electron chi connectivity index (χ3n) is 10.2. The van der Waals surface area contributed by atoms with Gasteiger partial charge in [-0.1, -0.05) is 63.8 Å². The summed E-state index contributed by atoms with van der Waals surface area (Å²) in [5.41, 5.74) is 5.22. The molecule has 14 nitrogen and oxygen atoms in total. The average Bonchev–Trinajstić information content (AvgIpc) is 4.01. The van der Waals surface area contributed by atoms with E-state index in [0.717, 1.165) is 59.3 Å². The van der Waals surface area contributed by atoms with Crippen LogP contribution in [0.3, 0.4) is 0 Å². The summed E-state index contributed by atoms with van der Waals surface area (Å²) in [6.45, 7) is 8.57. The molecule has 2 fully saturated rings. The summed E-state index contributed by atoms with van der Waals surface area (Å²) >= 11 is 0. The number of hydrogen-bond acceptors (Lipinski definition) is 7. The number of carbonyl (C=O) groups excluding carboxylic acids is 3. The Kier molecular flexibility index (Phi) is 11.9. The van der Waals surface area contributed by atoms with Gasteiger partial charge >= 0.3 is 12.2 Å². The number of aromatic nitrogens is 4. The molecule has 0 aliphatic carbocycles. The normalized spacial score (nSPS) is 17.8. The molecule has 2 saturated heterocycles. The first kappa shape index (κ1) is 38.6. The van der Waals surface area contributed by atoms with Crippen LogP contribution in [0.25, 0.3) is 22.5 Å². The minimum Gasteiger partial charge on any atom is -0.465 e. The van der Waals surface area contributed by atoms with E-state index in [1.807, 2.05) is 76.2 Å². The zero-order valence-corrected chi connectivity index (χ0v) is 31.8. The van der Waals surface area contributed by atoms with E-state index in [9.17, 15) is 24.3 Å². The van der Waals surface area contributed by atoms with Gasteiger partial charge in [-0.3, -0.25) is 9.59 Å². The molecule has 2 aliphatic heterocycles. The van der Waals surface area contributed by atoms with Crippen LogP contribution in [-0.4, -0.2) is 91.1 Å². The van der Waals surface area contributed by atoms with E-state index in [0.29, 0.717) is 24.7 Å².